The molecule has 4 heterocycles. The number of nitrogens with one attached hydrogen (secondary N) is 1. The third-order valence-electron chi connectivity index (χ3n) is 8.93. The van der Waals surface area contributed by atoms with Crippen molar-refractivity contribution in [3.63, 3.8) is 0 Å². The maximum atomic E-state index is 12.8. The topological polar surface area (TPSA) is 112 Å². The molecule has 40 heavy (non-hydrogen) atoms. The van der Waals surface area contributed by atoms with Gasteiger partial charge >= 0.3 is 18.1 Å². The fraction of sp³-hybridized carbons (Fsp3) is 0.655. The molecule has 5 rings (SSSR count). The molecule has 1 aromatic rings. The van der Waals surface area contributed by atoms with E-state index >= 15 is 0 Å². The van der Waals surface area contributed by atoms with E-state index in [2.05, 4.69) is 10.2 Å². The van der Waals surface area contributed by atoms with Gasteiger partial charge in [-0.15, -0.1) is 0 Å². The second kappa shape index (κ2) is 12.9. The van der Waals surface area contributed by atoms with E-state index in [9.17, 15) is 19.2 Å². The van der Waals surface area contributed by atoms with Gasteiger partial charge in [-0.05, 0) is 63.1 Å². The summed E-state index contributed by atoms with van der Waals surface area (Å²) in [5, 5.41) is 3.01. The standard InChI is InChI=1S/C29H41N5O6/c1-39-27(36)25-8-4-5-14-33(25)22-10-15-31(16-11-22)26(35)20-40-29(38)32-17-12-23(13-18-32)34-19-9-21-6-2-3-7-24(21)30-28(34)37/h2-3,6-7,22-23,25H,4-5,8-20H2,1H3,(H,30,37)/t25-/m0/s1. The van der Waals surface area contributed by atoms with Crippen LogP contribution in [0.2, 0.25) is 0 Å². The first-order chi connectivity index (χ1) is 19.4. The van der Waals surface area contributed by atoms with Crippen molar-refractivity contribution < 1.29 is 28.7 Å². The summed E-state index contributed by atoms with van der Waals surface area (Å²) in [7, 11) is 1.44. The Balaban J connectivity index is 1.03. The van der Waals surface area contributed by atoms with Gasteiger partial charge in [0.15, 0.2) is 6.61 Å². The van der Waals surface area contributed by atoms with Crippen LogP contribution in [0.3, 0.4) is 0 Å². The number of esters is 1. The smallest absolute Gasteiger partial charge is 0.410 e. The SMILES string of the molecule is COC(=O)[C@@H]1CCCCN1C1CCN(C(=O)COC(=O)N2CCC(N3CCc4ccccc4NC3=O)CC2)CC1. The van der Waals surface area contributed by atoms with E-state index < -0.39 is 6.09 Å². The molecule has 218 valence electrons. The summed E-state index contributed by atoms with van der Waals surface area (Å²) in [6, 6.07) is 7.88. The number of urea groups is 1. The number of rotatable bonds is 5. The first-order valence-electron chi connectivity index (χ1n) is 14.6. The maximum absolute atomic E-state index is 12.8. The molecule has 3 saturated heterocycles. The third-order valence-corrected chi connectivity index (χ3v) is 8.93. The van der Waals surface area contributed by atoms with Crippen molar-refractivity contribution in [2.75, 3.05) is 58.3 Å². The Labute approximate surface area is 235 Å². The van der Waals surface area contributed by atoms with Gasteiger partial charge < -0.3 is 29.5 Å². The van der Waals surface area contributed by atoms with E-state index in [4.69, 9.17) is 9.47 Å². The Morgan fingerprint density at radius 3 is 2.33 bits per heavy atom. The number of anilines is 1. The van der Waals surface area contributed by atoms with Crippen LogP contribution in [-0.2, 0) is 25.5 Å². The Morgan fingerprint density at radius 2 is 1.57 bits per heavy atom. The van der Waals surface area contributed by atoms with Crippen LogP contribution < -0.4 is 5.32 Å². The van der Waals surface area contributed by atoms with Crippen molar-refractivity contribution >= 4 is 29.7 Å². The number of hydrogen-bond donors (Lipinski definition) is 1. The van der Waals surface area contributed by atoms with Crippen LogP contribution in [0, 0.1) is 0 Å². The fourth-order valence-corrected chi connectivity index (χ4v) is 6.63. The number of likely N-dealkylation sites (tertiary alicyclic amines) is 3. The van der Waals surface area contributed by atoms with Crippen molar-refractivity contribution in [1.82, 2.24) is 19.6 Å². The molecule has 1 atom stereocenters. The lowest BCUT2D eigenvalue weighted by molar-refractivity contribution is -0.151. The largest absolute Gasteiger partial charge is 0.468 e. The molecule has 0 bridgehead atoms. The van der Waals surface area contributed by atoms with Crippen molar-refractivity contribution in [3.05, 3.63) is 29.8 Å². The number of hydrogen-bond acceptors (Lipinski definition) is 7. The Bertz CT molecular complexity index is 1080. The predicted octanol–water partition coefficient (Wildman–Crippen LogP) is 2.70. The molecular formula is C29H41N5O6. The van der Waals surface area contributed by atoms with E-state index in [1.807, 2.05) is 29.2 Å². The summed E-state index contributed by atoms with van der Waals surface area (Å²) in [5.74, 6) is -0.361. The molecule has 0 aromatic heterocycles. The highest BCUT2D eigenvalue weighted by atomic mass is 16.6. The minimum absolute atomic E-state index is 0.0555. The normalized spacial score (nSPS) is 23.2. The molecule has 1 N–H and O–H groups in total. The molecule has 11 nitrogen and oxygen atoms in total. The lowest BCUT2D eigenvalue weighted by Gasteiger charge is -2.43. The van der Waals surface area contributed by atoms with Crippen molar-refractivity contribution in [2.24, 2.45) is 0 Å². The zero-order valence-electron chi connectivity index (χ0n) is 23.4. The van der Waals surface area contributed by atoms with Crippen LogP contribution in [0.1, 0.15) is 50.5 Å². The molecule has 3 fully saturated rings. The molecule has 4 aliphatic rings. The second-order valence-corrected chi connectivity index (χ2v) is 11.2. The summed E-state index contributed by atoms with van der Waals surface area (Å²) >= 11 is 0. The number of nitrogens with zero attached hydrogens (tertiary/aromatic N) is 4. The fourth-order valence-electron chi connectivity index (χ4n) is 6.63. The zero-order chi connectivity index (χ0) is 28.1. The minimum Gasteiger partial charge on any atom is -0.468 e. The maximum Gasteiger partial charge on any atom is 0.410 e. The average molecular weight is 556 g/mol. The highest BCUT2D eigenvalue weighted by Crippen LogP contribution is 2.27. The number of piperidine rings is 3. The number of fused-ring (bicyclic) bond motifs is 1. The molecular weight excluding hydrogens is 514 g/mol. The molecule has 0 unspecified atom stereocenters. The van der Waals surface area contributed by atoms with Crippen LogP contribution in [-0.4, -0.2) is 115 Å². The number of carbonyl (C=O) groups is 4. The molecule has 1 aromatic carbocycles. The molecule has 0 saturated carbocycles. The van der Waals surface area contributed by atoms with Gasteiger partial charge in [-0.3, -0.25) is 14.5 Å². The molecule has 0 aliphatic carbocycles. The molecule has 4 aliphatic heterocycles. The Morgan fingerprint density at radius 1 is 0.875 bits per heavy atom. The molecule has 4 amide bonds. The lowest BCUT2D eigenvalue weighted by atomic mass is 9.95. The van der Waals surface area contributed by atoms with E-state index in [-0.39, 0.29) is 42.6 Å². The van der Waals surface area contributed by atoms with Gasteiger partial charge in [-0.25, -0.2) is 9.59 Å². The lowest BCUT2D eigenvalue weighted by Crippen LogP contribution is -2.54. The molecule has 11 heteroatoms. The highest BCUT2D eigenvalue weighted by molar-refractivity contribution is 5.91. The summed E-state index contributed by atoms with van der Waals surface area (Å²) in [6.07, 6.45) is 6.14. The van der Waals surface area contributed by atoms with Crippen molar-refractivity contribution in [1.29, 1.82) is 0 Å². The van der Waals surface area contributed by atoms with Crippen molar-refractivity contribution in [3.8, 4) is 0 Å². The van der Waals surface area contributed by atoms with Gasteiger partial charge in [0.2, 0.25) is 0 Å². The highest BCUT2D eigenvalue weighted by Gasteiger charge is 2.37. The number of carbonyl (C=O) groups excluding carboxylic acids is 4. The zero-order valence-corrected chi connectivity index (χ0v) is 23.4. The quantitative estimate of drug-likeness (QED) is 0.556. The molecule has 0 spiro atoms. The second-order valence-electron chi connectivity index (χ2n) is 11.2. The summed E-state index contributed by atoms with van der Waals surface area (Å²) in [6.45, 7) is 3.38. The van der Waals surface area contributed by atoms with E-state index in [0.717, 1.165) is 56.3 Å². The number of ether oxygens (including phenoxy) is 2. The molecule has 0 radical (unpaired) electrons. The van der Waals surface area contributed by atoms with Gasteiger partial charge in [0.25, 0.3) is 5.91 Å². The van der Waals surface area contributed by atoms with Gasteiger partial charge in [0.1, 0.15) is 6.04 Å². The summed E-state index contributed by atoms with van der Waals surface area (Å²) < 4.78 is 10.4. The van der Waals surface area contributed by atoms with Crippen LogP contribution in [0.5, 0.6) is 0 Å². The predicted molar refractivity (Wildman–Crippen MR) is 148 cm³/mol. The van der Waals surface area contributed by atoms with E-state index in [1.165, 1.54) is 7.11 Å². The van der Waals surface area contributed by atoms with Crippen LogP contribution in [0.15, 0.2) is 24.3 Å². The van der Waals surface area contributed by atoms with E-state index in [0.29, 0.717) is 45.6 Å². The Kier molecular flexibility index (Phi) is 9.08. The first kappa shape index (κ1) is 28.2. The monoisotopic (exact) mass is 555 g/mol. The number of amides is 4. The minimum atomic E-state index is -0.483. The van der Waals surface area contributed by atoms with Gasteiger partial charge in [-0.1, -0.05) is 24.6 Å². The average Bonchev–Trinajstić information content (AvgIpc) is 3.17. The van der Waals surface area contributed by atoms with Gasteiger partial charge in [0.05, 0.1) is 7.11 Å². The van der Waals surface area contributed by atoms with Gasteiger partial charge in [-0.2, -0.15) is 0 Å². The van der Waals surface area contributed by atoms with E-state index in [1.54, 1.807) is 9.80 Å². The van der Waals surface area contributed by atoms with Gasteiger partial charge in [0, 0.05) is 50.5 Å². The van der Waals surface area contributed by atoms with Crippen molar-refractivity contribution in [2.45, 2.75) is 69.5 Å². The number of methoxy groups -OCH3 is 1. The summed E-state index contributed by atoms with van der Waals surface area (Å²) in [5.41, 5.74) is 1.99. The van der Waals surface area contributed by atoms with Crippen LogP contribution >= 0.6 is 0 Å². The Hall–Kier alpha value is -3.34. The first-order valence-corrected chi connectivity index (χ1v) is 14.6. The van der Waals surface area contributed by atoms with Crippen LogP contribution in [0.4, 0.5) is 15.3 Å². The summed E-state index contributed by atoms with van der Waals surface area (Å²) in [4.78, 5) is 58.1. The third kappa shape index (κ3) is 6.35. The number of benzene rings is 1. The van der Waals surface area contributed by atoms with Crippen LogP contribution in [0.25, 0.3) is 0 Å². The number of para-hydroxylation sites is 1.